The highest BCUT2D eigenvalue weighted by molar-refractivity contribution is 5.80. The van der Waals surface area contributed by atoms with Crippen LogP contribution in [0.2, 0.25) is 0 Å². The Morgan fingerprint density at radius 3 is 2.29 bits per heavy atom. The summed E-state index contributed by atoms with van der Waals surface area (Å²) < 4.78 is 4.98. The van der Waals surface area contributed by atoms with E-state index < -0.39 is 6.10 Å². The maximum absolute atomic E-state index is 11.7. The molecule has 0 aromatic rings. The fourth-order valence-corrected chi connectivity index (χ4v) is 1.33. The molecular formula is C10H22N2O2. The molecule has 4 nitrogen and oxygen atoms in total. The molecule has 0 heterocycles. The smallest absolute Gasteiger partial charge is 0.252 e. The largest absolute Gasteiger partial charge is 0.370 e. The molecule has 2 N–H and O–H groups in total. The topological polar surface area (TPSA) is 55.6 Å². The molecule has 0 aliphatic carbocycles. The summed E-state index contributed by atoms with van der Waals surface area (Å²) in [5.74, 6) is -0.0510. The van der Waals surface area contributed by atoms with Crippen molar-refractivity contribution in [2.75, 3.05) is 27.2 Å². The first-order valence-electron chi connectivity index (χ1n) is 4.79. The number of hydrogen-bond acceptors (Lipinski definition) is 3. The second-order valence-corrected chi connectivity index (χ2v) is 4.72. The quantitative estimate of drug-likeness (QED) is 0.720. The highest BCUT2D eigenvalue weighted by atomic mass is 16.5. The minimum atomic E-state index is -0.512. The van der Waals surface area contributed by atoms with E-state index in [0.29, 0.717) is 6.54 Å². The third-order valence-electron chi connectivity index (χ3n) is 1.86. The summed E-state index contributed by atoms with van der Waals surface area (Å²) in [4.78, 5) is 13.4. The Morgan fingerprint density at radius 1 is 1.50 bits per heavy atom. The van der Waals surface area contributed by atoms with Gasteiger partial charge in [0, 0.05) is 27.2 Å². The summed E-state index contributed by atoms with van der Waals surface area (Å²) in [6.07, 6.45) is -0.512. The zero-order valence-electron chi connectivity index (χ0n) is 9.83. The number of likely N-dealkylation sites (N-methyl/N-ethyl adjacent to an activating group) is 1. The van der Waals surface area contributed by atoms with E-state index in [2.05, 4.69) is 20.8 Å². The van der Waals surface area contributed by atoms with Gasteiger partial charge in [-0.3, -0.25) is 4.79 Å². The van der Waals surface area contributed by atoms with Crippen molar-refractivity contribution in [2.24, 2.45) is 11.1 Å². The summed E-state index contributed by atoms with van der Waals surface area (Å²) in [6, 6.07) is 0. The first-order chi connectivity index (χ1) is 6.31. The summed E-state index contributed by atoms with van der Waals surface area (Å²) in [5.41, 5.74) is 5.51. The Balaban J connectivity index is 4.24. The van der Waals surface area contributed by atoms with E-state index in [1.807, 2.05) is 0 Å². The van der Waals surface area contributed by atoms with Crippen molar-refractivity contribution in [2.45, 2.75) is 26.9 Å². The standard InChI is InChI=1S/C10H22N2O2/c1-10(2,3)7-12(4)9(13)8(6-11)14-5/h8H,6-7,11H2,1-5H3. The Kier molecular flexibility index (Phi) is 5.08. The SMILES string of the molecule is COC(CN)C(=O)N(C)CC(C)(C)C. The summed E-state index contributed by atoms with van der Waals surface area (Å²) in [7, 11) is 3.27. The monoisotopic (exact) mass is 202 g/mol. The Morgan fingerprint density at radius 2 is 2.00 bits per heavy atom. The molecule has 1 amide bonds. The van der Waals surface area contributed by atoms with Gasteiger partial charge < -0.3 is 15.4 Å². The number of nitrogens with zero attached hydrogens (tertiary/aromatic N) is 1. The first kappa shape index (κ1) is 13.4. The minimum Gasteiger partial charge on any atom is -0.370 e. The van der Waals surface area contributed by atoms with Gasteiger partial charge in [0.2, 0.25) is 0 Å². The van der Waals surface area contributed by atoms with Crippen LogP contribution >= 0.6 is 0 Å². The number of hydrogen-bond donors (Lipinski definition) is 1. The van der Waals surface area contributed by atoms with Crippen LogP contribution in [0.4, 0.5) is 0 Å². The normalized spacial score (nSPS) is 13.9. The van der Waals surface area contributed by atoms with E-state index in [-0.39, 0.29) is 17.9 Å². The average molecular weight is 202 g/mol. The van der Waals surface area contributed by atoms with Crippen LogP contribution in [0.1, 0.15) is 20.8 Å². The van der Waals surface area contributed by atoms with Crippen molar-refractivity contribution in [1.29, 1.82) is 0 Å². The van der Waals surface area contributed by atoms with Crippen LogP contribution in [-0.4, -0.2) is 44.2 Å². The van der Waals surface area contributed by atoms with Gasteiger partial charge in [-0.25, -0.2) is 0 Å². The predicted molar refractivity (Wildman–Crippen MR) is 56.9 cm³/mol. The van der Waals surface area contributed by atoms with Crippen molar-refractivity contribution < 1.29 is 9.53 Å². The molecule has 0 bridgehead atoms. The molecule has 0 aliphatic rings. The molecule has 0 spiro atoms. The highest BCUT2D eigenvalue weighted by Crippen LogP contribution is 2.14. The lowest BCUT2D eigenvalue weighted by molar-refractivity contribution is -0.141. The van der Waals surface area contributed by atoms with Crippen molar-refractivity contribution in [3.8, 4) is 0 Å². The van der Waals surface area contributed by atoms with Crippen molar-refractivity contribution >= 4 is 5.91 Å². The second kappa shape index (κ2) is 5.32. The van der Waals surface area contributed by atoms with Crippen LogP contribution in [0.15, 0.2) is 0 Å². The number of rotatable bonds is 4. The van der Waals surface area contributed by atoms with Gasteiger partial charge in [-0.2, -0.15) is 0 Å². The van der Waals surface area contributed by atoms with E-state index >= 15 is 0 Å². The van der Waals surface area contributed by atoms with Crippen LogP contribution < -0.4 is 5.73 Å². The van der Waals surface area contributed by atoms with Crippen LogP contribution in [0.25, 0.3) is 0 Å². The lowest BCUT2D eigenvalue weighted by Crippen LogP contribution is -2.44. The number of carbonyl (C=O) groups is 1. The molecule has 0 saturated carbocycles. The molecule has 1 atom stereocenters. The second-order valence-electron chi connectivity index (χ2n) is 4.72. The van der Waals surface area contributed by atoms with Crippen LogP contribution in [-0.2, 0) is 9.53 Å². The molecule has 14 heavy (non-hydrogen) atoms. The molecule has 0 fully saturated rings. The molecular weight excluding hydrogens is 180 g/mol. The number of amides is 1. The van der Waals surface area contributed by atoms with E-state index in [4.69, 9.17) is 10.5 Å². The van der Waals surface area contributed by atoms with E-state index in [0.717, 1.165) is 0 Å². The maximum atomic E-state index is 11.7. The molecule has 0 aromatic heterocycles. The minimum absolute atomic E-state index is 0.0510. The van der Waals surface area contributed by atoms with Gasteiger partial charge in [-0.05, 0) is 5.41 Å². The number of methoxy groups -OCH3 is 1. The van der Waals surface area contributed by atoms with Gasteiger partial charge in [-0.15, -0.1) is 0 Å². The average Bonchev–Trinajstić information content (AvgIpc) is 2.03. The molecule has 0 saturated heterocycles. The van der Waals surface area contributed by atoms with Gasteiger partial charge in [0.05, 0.1) is 0 Å². The highest BCUT2D eigenvalue weighted by Gasteiger charge is 2.23. The van der Waals surface area contributed by atoms with Gasteiger partial charge in [0.15, 0.2) is 0 Å². The van der Waals surface area contributed by atoms with E-state index in [1.165, 1.54) is 7.11 Å². The number of carbonyl (C=O) groups excluding carboxylic acids is 1. The van der Waals surface area contributed by atoms with Gasteiger partial charge in [-0.1, -0.05) is 20.8 Å². The first-order valence-corrected chi connectivity index (χ1v) is 4.79. The number of ether oxygens (including phenoxy) is 1. The zero-order chi connectivity index (χ0) is 11.4. The van der Waals surface area contributed by atoms with Gasteiger partial charge in [0.1, 0.15) is 6.10 Å². The van der Waals surface area contributed by atoms with Crippen molar-refractivity contribution in [3.63, 3.8) is 0 Å². The molecule has 0 rings (SSSR count). The van der Waals surface area contributed by atoms with E-state index in [9.17, 15) is 4.79 Å². The van der Waals surface area contributed by atoms with Crippen LogP contribution in [0.5, 0.6) is 0 Å². The third kappa shape index (κ3) is 4.58. The third-order valence-corrected chi connectivity index (χ3v) is 1.86. The van der Waals surface area contributed by atoms with Crippen LogP contribution in [0.3, 0.4) is 0 Å². The molecule has 0 radical (unpaired) electrons. The molecule has 0 aromatic carbocycles. The number of nitrogens with two attached hydrogens (primary N) is 1. The fourth-order valence-electron chi connectivity index (χ4n) is 1.33. The Hall–Kier alpha value is -0.610. The van der Waals surface area contributed by atoms with Crippen molar-refractivity contribution in [1.82, 2.24) is 4.90 Å². The molecule has 84 valence electrons. The fraction of sp³-hybridized carbons (Fsp3) is 0.900. The van der Waals surface area contributed by atoms with Gasteiger partial charge in [0.25, 0.3) is 5.91 Å². The van der Waals surface area contributed by atoms with Crippen LogP contribution in [0, 0.1) is 5.41 Å². The maximum Gasteiger partial charge on any atom is 0.252 e. The summed E-state index contributed by atoms with van der Waals surface area (Å²) in [6.45, 7) is 7.18. The molecule has 0 aliphatic heterocycles. The zero-order valence-corrected chi connectivity index (χ0v) is 9.83. The summed E-state index contributed by atoms with van der Waals surface area (Å²) >= 11 is 0. The van der Waals surface area contributed by atoms with Crippen molar-refractivity contribution in [3.05, 3.63) is 0 Å². The molecule has 4 heteroatoms. The lowest BCUT2D eigenvalue weighted by atomic mass is 9.96. The Bertz CT molecular complexity index is 183. The predicted octanol–water partition coefficient (Wildman–Crippen LogP) is 0.465. The lowest BCUT2D eigenvalue weighted by Gasteiger charge is -2.28. The van der Waals surface area contributed by atoms with Gasteiger partial charge >= 0.3 is 0 Å². The van der Waals surface area contributed by atoms with E-state index in [1.54, 1.807) is 11.9 Å². The Labute approximate surface area is 86.4 Å². The molecule has 1 unspecified atom stereocenters. The summed E-state index contributed by atoms with van der Waals surface area (Å²) in [5, 5.41) is 0.